The molecule has 31 heavy (non-hydrogen) atoms. The van der Waals surface area contributed by atoms with Gasteiger partial charge in [-0.1, -0.05) is 35.1 Å². The first-order valence-corrected chi connectivity index (χ1v) is 12.4. The zero-order valence-corrected chi connectivity index (χ0v) is 19.3. The molecule has 2 amide bonds. The Labute approximate surface area is 195 Å². The summed E-state index contributed by atoms with van der Waals surface area (Å²) in [6.45, 7) is 3.71. The highest BCUT2D eigenvalue weighted by atomic mass is 35.5. The van der Waals surface area contributed by atoms with Crippen molar-refractivity contribution in [2.24, 2.45) is 4.99 Å². The highest BCUT2D eigenvalue weighted by molar-refractivity contribution is 8.39. The smallest absolute Gasteiger partial charge is 0.253 e. The van der Waals surface area contributed by atoms with E-state index < -0.39 is 0 Å². The Morgan fingerprint density at radius 3 is 2.39 bits per heavy atom. The quantitative estimate of drug-likeness (QED) is 0.707. The number of hydrogen-bond donors (Lipinski definition) is 1. The molecular weight excluding hydrogens is 452 g/mol. The number of nitrogens with zero attached hydrogens (tertiary/aromatic N) is 3. The minimum atomic E-state index is -0.0257. The van der Waals surface area contributed by atoms with Crippen LogP contribution >= 0.6 is 35.1 Å². The Bertz CT molecular complexity index is 958. The number of halogens is 1. The molecule has 0 spiro atoms. The molecule has 9 heteroatoms. The van der Waals surface area contributed by atoms with Crippen LogP contribution in [0.2, 0.25) is 5.02 Å². The minimum absolute atomic E-state index is 0.0257. The first-order chi connectivity index (χ1) is 15.1. The highest BCUT2D eigenvalue weighted by Crippen LogP contribution is 2.23. The van der Waals surface area contributed by atoms with E-state index >= 15 is 0 Å². The van der Waals surface area contributed by atoms with Crippen molar-refractivity contribution in [3.8, 4) is 0 Å². The van der Waals surface area contributed by atoms with Gasteiger partial charge in [0.2, 0.25) is 5.91 Å². The number of amides is 2. The Morgan fingerprint density at radius 1 is 1.03 bits per heavy atom. The van der Waals surface area contributed by atoms with Gasteiger partial charge in [-0.15, -0.1) is 0 Å². The Balaban J connectivity index is 1.25. The van der Waals surface area contributed by atoms with Crippen molar-refractivity contribution in [1.29, 1.82) is 0 Å². The summed E-state index contributed by atoms with van der Waals surface area (Å²) in [5.41, 5.74) is 2.53. The van der Waals surface area contributed by atoms with E-state index in [0.717, 1.165) is 41.1 Å². The van der Waals surface area contributed by atoms with Gasteiger partial charge < -0.3 is 15.1 Å². The number of aliphatic imine (C=N–C) groups is 1. The number of carbonyl (C=O) groups excluding carboxylic acids is 2. The predicted molar refractivity (Wildman–Crippen MR) is 132 cm³/mol. The molecule has 1 fully saturated rings. The summed E-state index contributed by atoms with van der Waals surface area (Å²) >= 11 is 9.11. The number of rotatable bonds is 5. The summed E-state index contributed by atoms with van der Waals surface area (Å²) in [5.74, 6) is 1.39. The molecule has 0 bridgehead atoms. The van der Waals surface area contributed by atoms with Gasteiger partial charge in [0.05, 0.1) is 12.3 Å². The first-order valence-electron chi connectivity index (χ1n) is 10.1. The van der Waals surface area contributed by atoms with Crippen LogP contribution in [0.25, 0.3) is 0 Å². The first kappa shape index (κ1) is 22.0. The van der Waals surface area contributed by atoms with E-state index in [1.165, 1.54) is 11.8 Å². The second kappa shape index (κ2) is 10.4. The molecule has 4 rings (SSSR count). The molecule has 0 aromatic heterocycles. The second-order valence-electron chi connectivity index (χ2n) is 7.17. The zero-order valence-electron chi connectivity index (χ0n) is 16.9. The molecule has 0 atom stereocenters. The maximum absolute atomic E-state index is 12.7. The third-order valence-corrected chi connectivity index (χ3v) is 7.56. The van der Waals surface area contributed by atoms with Gasteiger partial charge in [-0.2, -0.15) is 0 Å². The fourth-order valence-electron chi connectivity index (χ4n) is 3.43. The lowest BCUT2D eigenvalue weighted by atomic mass is 10.1. The van der Waals surface area contributed by atoms with Crippen molar-refractivity contribution in [2.75, 3.05) is 54.4 Å². The number of carbonyl (C=O) groups is 2. The Hall–Kier alpha value is -2.16. The van der Waals surface area contributed by atoms with Crippen molar-refractivity contribution in [1.82, 2.24) is 4.90 Å². The Morgan fingerprint density at radius 2 is 1.74 bits per heavy atom. The third kappa shape index (κ3) is 5.96. The molecule has 2 aliphatic rings. The van der Waals surface area contributed by atoms with Crippen molar-refractivity contribution in [2.45, 2.75) is 0 Å². The number of benzene rings is 2. The molecule has 2 aliphatic heterocycles. The number of anilines is 2. The molecule has 2 aromatic carbocycles. The molecule has 0 radical (unpaired) electrons. The number of hydrogen-bond acceptors (Lipinski definition) is 6. The third-order valence-electron chi connectivity index (χ3n) is 5.06. The van der Waals surface area contributed by atoms with E-state index in [2.05, 4.69) is 15.2 Å². The van der Waals surface area contributed by atoms with Crippen LogP contribution < -0.4 is 10.2 Å². The monoisotopic (exact) mass is 474 g/mol. The van der Waals surface area contributed by atoms with Gasteiger partial charge in [0.15, 0.2) is 0 Å². The van der Waals surface area contributed by atoms with Gasteiger partial charge in [0.25, 0.3) is 5.91 Å². The van der Waals surface area contributed by atoms with Crippen molar-refractivity contribution in [3.05, 3.63) is 59.1 Å². The topological polar surface area (TPSA) is 65.0 Å². The van der Waals surface area contributed by atoms with E-state index in [4.69, 9.17) is 11.6 Å². The summed E-state index contributed by atoms with van der Waals surface area (Å²) in [6, 6.07) is 14.9. The molecule has 6 nitrogen and oxygen atoms in total. The number of piperazine rings is 1. The fourth-order valence-corrected chi connectivity index (χ4v) is 5.36. The van der Waals surface area contributed by atoms with Crippen LogP contribution in [0.1, 0.15) is 10.4 Å². The SMILES string of the molecule is O=C(CSC1=NCCS1)Nc1ccc(N2CCN(C(=O)c3ccc(Cl)cc3)CC2)cc1. The minimum Gasteiger partial charge on any atom is -0.368 e. The average Bonchev–Trinajstić information content (AvgIpc) is 3.32. The van der Waals surface area contributed by atoms with Gasteiger partial charge in [0.1, 0.15) is 4.38 Å². The normalized spacial score (nSPS) is 16.2. The lowest BCUT2D eigenvalue weighted by Gasteiger charge is -2.36. The van der Waals surface area contributed by atoms with Gasteiger partial charge in [-0.25, -0.2) is 0 Å². The lowest BCUT2D eigenvalue weighted by molar-refractivity contribution is -0.113. The standard InChI is InChI=1S/C22H23ClN4O2S2/c23-17-3-1-16(2-4-17)21(29)27-12-10-26(11-13-27)19-7-5-18(6-8-19)25-20(28)15-31-22-24-9-14-30-22/h1-8H,9-15H2,(H,25,28). The van der Waals surface area contributed by atoms with Crippen LogP contribution in [0.5, 0.6) is 0 Å². The summed E-state index contributed by atoms with van der Waals surface area (Å²) in [6.07, 6.45) is 0. The van der Waals surface area contributed by atoms with Gasteiger partial charge in [-0.05, 0) is 48.5 Å². The van der Waals surface area contributed by atoms with Gasteiger partial charge in [-0.3, -0.25) is 14.6 Å². The molecule has 1 N–H and O–H groups in total. The molecule has 2 aromatic rings. The van der Waals surface area contributed by atoms with Crippen LogP contribution in [0.4, 0.5) is 11.4 Å². The zero-order chi connectivity index (χ0) is 21.6. The number of thioether (sulfide) groups is 2. The molecule has 0 unspecified atom stereocenters. The van der Waals surface area contributed by atoms with Crippen LogP contribution in [0, 0.1) is 0 Å². The maximum Gasteiger partial charge on any atom is 0.253 e. The summed E-state index contributed by atoms with van der Waals surface area (Å²) in [5, 5.41) is 3.56. The molecule has 0 saturated carbocycles. The van der Waals surface area contributed by atoms with Crippen LogP contribution in [0.3, 0.4) is 0 Å². The van der Waals surface area contributed by atoms with E-state index in [0.29, 0.717) is 29.4 Å². The highest BCUT2D eigenvalue weighted by Gasteiger charge is 2.22. The van der Waals surface area contributed by atoms with Crippen molar-refractivity contribution in [3.63, 3.8) is 0 Å². The van der Waals surface area contributed by atoms with Crippen LogP contribution in [-0.4, -0.2) is 65.3 Å². The fraction of sp³-hybridized carbons (Fsp3) is 0.318. The summed E-state index contributed by atoms with van der Waals surface area (Å²) < 4.78 is 0.999. The second-order valence-corrected chi connectivity index (χ2v) is 9.91. The summed E-state index contributed by atoms with van der Waals surface area (Å²) in [7, 11) is 0. The largest absolute Gasteiger partial charge is 0.368 e. The Kier molecular flexibility index (Phi) is 7.42. The van der Waals surface area contributed by atoms with Gasteiger partial charge in [0, 0.05) is 53.9 Å². The summed E-state index contributed by atoms with van der Waals surface area (Å²) in [4.78, 5) is 33.3. The van der Waals surface area contributed by atoms with E-state index in [-0.39, 0.29) is 11.8 Å². The average molecular weight is 475 g/mol. The van der Waals surface area contributed by atoms with Crippen molar-refractivity contribution >= 4 is 62.7 Å². The lowest BCUT2D eigenvalue weighted by Crippen LogP contribution is -2.48. The molecule has 162 valence electrons. The molecule has 1 saturated heterocycles. The predicted octanol–water partition coefficient (Wildman–Crippen LogP) is 4.08. The number of nitrogens with one attached hydrogen (secondary N) is 1. The molecule has 0 aliphatic carbocycles. The van der Waals surface area contributed by atoms with Crippen LogP contribution in [-0.2, 0) is 4.79 Å². The van der Waals surface area contributed by atoms with E-state index in [1.807, 2.05) is 29.2 Å². The van der Waals surface area contributed by atoms with Crippen molar-refractivity contribution < 1.29 is 9.59 Å². The van der Waals surface area contributed by atoms with Gasteiger partial charge >= 0.3 is 0 Å². The van der Waals surface area contributed by atoms with Crippen LogP contribution in [0.15, 0.2) is 53.5 Å². The van der Waals surface area contributed by atoms with E-state index in [1.54, 1.807) is 36.0 Å². The van der Waals surface area contributed by atoms with E-state index in [9.17, 15) is 9.59 Å². The molecule has 2 heterocycles. The molecular formula is C22H23ClN4O2S2. The maximum atomic E-state index is 12.7.